The number of aliphatic hydroxyl groups is 1. The van der Waals surface area contributed by atoms with Crippen molar-refractivity contribution >= 4 is 41.8 Å². The summed E-state index contributed by atoms with van der Waals surface area (Å²) in [6.07, 6.45) is 9.47. The molecule has 3 saturated heterocycles. The molecule has 0 aromatic heterocycles. The number of carbonyl (C=O) groups is 6. The number of nitrogens with one attached hydrogen (secondary N) is 1. The summed E-state index contributed by atoms with van der Waals surface area (Å²) in [5.74, 6) is -4.08. The fourth-order valence-electron chi connectivity index (χ4n) is 8.44. The topological polar surface area (TPSA) is 193 Å². The van der Waals surface area contributed by atoms with Crippen molar-refractivity contribution in [1.29, 1.82) is 0 Å². The van der Waals surface area contributed by atoms with E-state index in [9.17, 15) is 33.9 Å². The summed E-state index contributed by atoms with van der Waals surface area (Å²) < 4.78 is 35.6. The minimum atomic E-state index is -1.01. The number of ether oxygens (including phenoxy) is 6. The van der Waals surface area contributed by atoms with Crippen LogP contribution in [-0.2, 0) is 52.4 Å². The van der Waals surface area contributed by atoms with Crippen molar-refractivity contribution in [3.05, 3.63) is 53.1 Å². The van der Waals surface area contributed by atoms with Gasteiger partial charge in [-0.3, -0.25) is 14.4 Å². The normalized spacial score (nSPS) is 24.3. The average molecular weight is 881 g/mol. The van der Waals surface area contributed by atoms with Crippen molar-refractivity contribution in [2.45, 2.75) is 180 Å². The fourth-order valence-corrected chi connectivity index (χ4v) is 8.44. The molecule has 2 amide bonds. The zero-order valence-corrected chi connectivity index (χ0v) is 38.1. The highest BCUT2D eigenvalue weighted by Gasteiger charge is 2.53. The maximum absolute atomic E-state index is 14.5. The Balaban J connectivity index is 1.31. The zero-order chi connectivity index (χ0) is 46.0. The number of unbranched alkanes of at least 4 members (excludes halogenated alkanes) is 4. The third-order valence-corrected chi connectivity index (χ3v) is 11.8. The molecule has 6 atom stereocenters. The van der Waals surface area contributed by atoms with E-state index in [0.717, 1.165) is 38.5 Å². The van der Waals surface area contributed by atoms with Crippen LogP contribution in [-0.4, -0.2) is 113 Å². The van der Waals surface area contributed by atoms with Crippen LogP contribution in [0.1, 0.15) is 148 Å². The van der Waals surface area contributed by atoms with E-state index in [-0.39, 0.29) is 37.3 Å². The number of cyclic esters (lactones) is 1. The third-order valence-electron chi connectivity index (χ3n) is 11.8. The van der Waals surface area contributed by atoms with E-state index in [4.69, 9.17) is 28.4 Å². The van der Waals surface area contributed by atoms with Crippen LogP contribution in [0.5, 0.6) is 0 Å². The number of hydrogen-bond donors (Lipinski definition) is 2. The predicted octanol–water partition coefficient (Wildman–Crippen LogP) is 6.28. The van der Waals surface area contributed by atoms with E-state index in [1.165, 1.54) is 17.1 Å². The van der Waals surface area contributed by atoms with Gasteiger partial charge in [-0.1, -0.05) is 65.5 Å². The van der Waals surface area contributed by atoms with Crippen LogP contribution in [0.15, 0.2) is 42.0 Å². The molecule has 0 radical (unpaired) electrons. The van der Waals surface area contributed by atoms with E-state index < -0.39 is 89.7 Å². The van der Waals surface area contributed by atoms with Crippen molar-refractivity contribution < 1.29 is 62.3 Å². The van der Waals surface area contributed by atoms with Gasteiger partial charge in [0.1, 0.15) is 36.6 Å². The monoisotopic (exact) mass is 880 g/mol. The van der Waals surface area contributed by atoms with Gasteiger partial charge in [0.2, 0.25) is 17.9 Å². The van der Waals surface area contributed by atoms with Gasteiger partial charge in [-0.15, -0.1) is 0 Å². The molecule has 5 rings (SSSR count). The molecule has 15 heteroatoms. The van der Waals surface area contributed by atoms with Crippen molar-refractivity contribution in [3.8, 4) is 0 Å². The van der Waals surface area contributed by atoms with Crippen LogP contribution < -0.4 is 5.32 Å². The summed E-state index contributed by atoms with van der Waals surface area (Å²) in [6, 6.07) is 4.91. The highest BCUT2D eigenvalue weighted by atomic mass is 16.8. The summed E-state index contributed by atoms with van der Waals surface area (Å²) in [5, 5.41) is 12.9. The minimum absolute atomic E-state index is 0.00332. The molecule has 3 aliphatic heterocycles. The predicted molar refractivity (Wildman–Crippen MR) is 232 cm³/mol. The smallest absolute Gasteiger partial charge is 0.348 e. The van der Waals surface area contributed by atoms with Gasteiger partial charge in [-0.2, -0.15) is 0 Å². The van der Waals surface area contributed by atoms with E-state index in [2.05, 4.69) is 19.2 Å². The quantitative estimate of drug-likeness (QED) is 0.0644. The van der Waals surface area contributed by atoms with E-state index >= 15 is 0 Å². The lowest BCUT2D eigenvalue weighted by atomic mass is 9.90. The van der Waals surface area contributed by atoms with Crippen LogP contribution in [0.2, 0.25) is 0 Å². The molecule has 0 bridgehead atoms. The highest BCUT2D eigenvalue weighted by Crippen LogP contribution is 2.44. The zero-order valence-electron chi connectivity index (χ0n) is 38.1. The Morgan fingerprint density at radius 3 is 2.27 bits per heavy atom. The average Bonchev–Trinajstić information content (AvgIpc) is 3.94. The van der Waals surface area contributed by atoms with Gasteiger partial charge in [-0.25, -0.2) is 14.4 Å². The van der Waals surface area contributed by atoms with Gasteiger partial charge in [0, 0.05) is 49.3 Å². The molecule has 0 saturated carbocycles. The van der Waals surface area contributed by atoms with Crippen molar-refractivity contribution in [1.82, 2.24) is 10.2 Å². The molecule has 1 aromatic carbocycles. The molecule has 4 aliphatic rings. The summed E-state index contributed by atoms with van der Waals surface area (Å²) in [7, 11) is 0. The standard InChI is InChI=1S/C48H68N2O13/c1-8-10-12-24-48(25-13-11-9-2)61-37-28-33(43(55)50-26-14-15-35(50)42(54)49-34(29-51)21-23-39(53)62-46(3,4)5)27-36(40(37)63-48)59-44(56)32-19-16-31(17-20-32)18-22-38(52)60-41-45(57)58-30-47(41,6)7/h16-20,22,28,34-37,40-41,51H,8-15,21,23-27,29-30H2,1-7H3,(H,49,54)/t34-,35+,36+,37+,40-,41-/m0/s1. The lowest BCUT2D eigenvalue weighted by molar-refractivity contribution is -0.190. The lowest BCUT2D eigenvalue weighted by Gasteiger charge is -2.33. The molecular formula is C48H68N2O13. The molecule has 1 aliphatic carbocycles. The van der Waals surface area contributed by atoms with Crippen molar-refractivity contribution in [3.63, 3.8) is 0 Å². The molecule has 3 heterocycles. The van der Waals surface area contributed by atoms with E-state index in [0.29, 0.717) is 43.4 Å². The molecule has 348 valence electrons. The number of fused-ring (bicyclic) bond motifs is 1. The summed E-state index contributed by atoms with van der Waals surface area (Å²) in [5.41, 5.74) is -0.123. The molecular weight excluding hydrogens is 813 g/mol. The first kappa shape index (κ1) is 49.4. The van der Waals surface area contributed by atoms with Crippen molar-refractivity contribution in [2.24, 2.45) is 5.41 Å². The maximum atomic E-state index is 14.5. The molecule has 0 unspecified atom stereocenters. The number of likely N-dealkylation sites (tertiary alicyclic amines) is 1. The minimum Gasteiger partial charge on any atom is -0.462 e. The molecule has 3 fully saturated rings. The van der Waals surface area contributed by atoms with E-state index in [1.807, 2.05) is 0 Å². The highest BCUT2D eigenvalue weighted by molar-refractivity contribution is 5.98. The Morgan fingerprint density at radius 1 is 0.984 bits per heavy atom. The maximum Gasteiger partial charge on any atom is 0.348 e. The first-order valence-electron chi connectivity index (χ1n) is 22.7. The number of aliphatic hydroxyl groups excluding tert-OH is 1. The van der Waals surface area contributed by atoms with Gasteiger partial charge in [0.05, 0.1) is 18.2 Å². The Kier molecular flexibility index (Phi) is 17.1. The molecule has 0 spiro atoms. The van der Waals surface area contributed by atoms with Crippen LogP contribution >= 0.6 is 0 Å². The fraction of sp³-hybridized carbons (Fsp3) is 0.667. The van der Waals surface area contributed by atoms with Crippen LogP contribution in [0.4, 0.5) is 0 Å². The largest absolute Gasteiger partial charge is 0.462 e. The van der Waals surface area contributed by atoms with Gasteiger partial charge >= 0.3 is 23.9 Å². The number of benzene rings is 1. The van der Waals surface area contributed by atoms with Gasteiger partial charge in [-0.05, 0) is 82.7 Å². The number of amides is 2. The molecule has 15 nitrogen and oxygen atoms in total. The lowest BCUT2D eigenvalue weighted by Crippen LogP contribution is -2.51. The number of rotatable bonds is 20. The van der Waals surface area contributed by atoms with Gasteiger partial charge in [0.15, 0.2) is 5.79 Å². The van der Waals surface area contributed by atoms with Crippen LogP contribution in [0, 0.1) is 5.41 Å². The van der Waals surface area contributed by atoms with Crippen molar-refractivity contribution in [2.75, 3.05) is 19.8 Å². The first-order chi connectivity index (χ1) is 29.9. The number of hydrogen-bond acceptors (Lipinski definition) is 13. The first-order valence-corrected chi connectivity index (χ1v) is 22.7. The van der Waals surface area contributed by atoms with Crippen LogP contribution in [0.25, 0.3) is 6.08 Å². The summed E-state index contributed by atoms with van der Waals surface area (Å²) in [6.45, 7) is 13.2. The summed E-state index contributed by atoms with van der Waals surface area (Å²) in [4.78, 5) is 80.4. The Hall–Kier alpha value is -4.60. The SMILES string of the molecule is CCCCCC1(CCCCC)O[C@@H]2[C@@H](C=C(C(=O)N3CCC[C@@H]3C(=O)N[C@H](CO)CCC(=O)OC(C)(C)C)C[C@H]2OC(=O)c2ccc(C=CC(=O)O[C@H]3C(=O)OCC3(C)C)cc2)O1. The second-order valence-electron chi connectivity index (χ2n) is 18.9. The Morgan fingerprint density at radius 2 is 1.67 bits per heavy atom. The Labute approximate surface area is 371 Å². The van der Waals surface area contributed by atoms with Gasteiger partial charge < -0.3 is 43.7 Å². The number of carbonyl (C=O) groups excluding carboxylic acids is 6. The Bertz CT molecular complexity index is 1840. The van der Waals surface area contributed by atoms with Gasteiger partial charge in [0.25, 0.3) is 0 Å². The number of nitrogens with zero attached hydrogens (tertiary/aromatic N) is 1. The van der Waals surface area contributed by atoms with Crippen LogP contribution in [0.3, 0.4) is 0 Å². The second-order valence-corrected chi connectivity index (χ2v) is 18.9. The van der Waals surface area contributed by atoms with E-state index in [1.54, 1.807) is 65.0 Å². The second kappa shape index (κ2) is 21.9. The summed E-state index contributed by atoms with van der Waals surface area (Å²) >= 11 is 0. The molecule has 63 heavy (non-hydrogen) atoms. The molecule has 2 N–H and O–H groups in total. The molecule has 1 aromatic rings. The number of esters is 4. The third kappa shape index (κ3) is 13.5.